The van der Waals surface area contributed by atoms with Crippen molar-refractivity contribution < 1.29 is 9.53 Å². The van der Waals surface area contributed by atoms with Gasteiger partial charge in [-0.1, -0.05) is 48.5 Å². The number of hydrogen-bond acceptors (Lipinski definition) is 3. The smallest absolute Gasteiger partial charge is 0.303 e. The van der Waals surface area contributed by atoms with E-state index in [1.165, 1.54) is 11.1 Å². The highest BCUT2D eigenvalue weighted by atomic mass is 16.5. The Kier molecular flexibility index (Phi) is 4.05. The van der Waals surface area contributed by atoms with E-state index >= 15 is 0 Å². The Labute approximate surface area is 162 Å². The highest BCUT2D eigenvalue weighted by molar-refractivity contribution is 6.05. The van der Waals surface area contributed by atoms with E-state index in [1.807, 2.05) is 59.2 Å². The molecule has 0 unspecified atom stereocenters. The lowest BCUT2D eigenvalue weighted by atomic mass is 10.1. The van der Waals surface area contributed by atoms with E-state index in [4.69, 9.17) is 4.74 Å². The Morgan fingerprint density at radius 3 is 2.68 bits per heavy atom. The van der Waals surface area contributed by atoms with E-state index in [2.05, 4.69) is 28.5 Å². The normalized spacial score (nSPS) is 13.2. The van der Waals surface area contributed by atoms with Gasteiger partial charge in [0.25, 0.3) is 5.91 Å². The van der Waals surface area contributed by atoms with Gasteiger partial charge in [-0.25, -0.2) is 0 Å². The molecule has 0 atom stereocenters. The minimum absolute atomic E-state index is 0.0688. The van der Waals surface area contributed by atoms with Crippen LogP contribution in [-0.2, 0) is 13.0 Å². The third-order valence-corrected chi connectivity index (χ3v) is 4.96. The van der Waals surface area contributed by atoms with E-state index in [0.29, 0.717) is 24.7 Å². The van der Waals surface area contributed by atoms with Crippen LogP contribution in [0, 0.1) is 0 Å². The lowest BCUT2D eigenvalue weighted by Crippen LogP contribution is -2.24. The zero-order valence-electron chi connectivity index (χ0n) is 15.3. The van der Waals surface area contributed by atoms with Crippen molar-refractivity contribution in [1.29, 1.82) is 0 Å². The number of carbonyl (C=O) groups is 1. The maximum atomic E-state index is 12.3. The SMILES string of the molecule is O=C1NCCn2c(Oc3cccc(Cc4ccccc4)c3)nc3cccc1c32. The van der Waals surface area contributed by atoms with Crippen LogP contribution in [0.3, 0.4) is 0 Å². The molecule has 1 aliphatic heterocycles. The first-order chi connectivity index (χ1) is 13.8. The molecule has 5 heteroatoms. The predicted octanol–water partition coefficient (Wildman–Crippen LogP) is 4.16. The number of para-hydroxylation sites is 1. The molecular formula is C23H19N3O2. The Morgan fingerprint density at radius 2 is 1.79 bits per heavy atom. The molecule has 0 fully saturated rings. The fourth-order valence-electron chi connectivity index (χ4n) is 3.67. The Hall–Kier alpha value is -3.60. The monoisotopic (exact) mass is 369 g/mol. The van der Waals surface area contributed by atoms with Crippen molar-refractivity contribution in [3.05, 3.63) is 89.5 Å². The summed E-state index contributed by atoms with van der Waals surface area (Å²) in [5, 5.41) is 2.92. The molecule has 0 saturated carbocycles. The molecule has 3 aromatic carbocycles. The summed E-state index contributed by atoms with van der Waals surface area (Å²) in [6.45, 7) is 1.17. The van der Waals surface area contributed by atoms with Gasteiger partial charge in [0.2, 0.25) is 0 Å². The van der Waals surface area contributed by atoms with E-state index in [-0.39, 0.29) is 5.91 Å². The minimum atomic E-state index is -0.0688. The van der Waals surface area contributed by atoms with E-state index in [0.717, 1.165) is 23.2 Å². The summed E-state index contributed by atoms with van der Waals surface area (Å²) in [5.41, 5.74) is 4.66. The number of benzene rings is 3. The molecule has 0 saturated heterocycles. The number of amides is 1. The number of hydrogen-bond donors (Lipinski definition) is 1. The van der Waals surface area contributed by atoms with Crippen LogP contribution in [0.5, 0.6) is 11.8 Å². The second kappa shape index (κ2) is 6.85. The van der Waals surface area contributed by atoms with Crippen LogP contribution in [0.4, 0.5) is 0 Å². The highest BCUT2D eigenvalue weighted by Gasteiger charge is 2.22. The third-order valence-electron chi connectivity index (χ3n) is 4.96. The van der Waals surface area contributed by atoms with Crippen molar-refractivity contribution in [2.24, 2.45) is 0 Å². The van der Waals surface area contributed by atoms with Crippen molar-refractivity contribution in [3.63, 3.8) is 0 Å². The molecule has 5 nitrogen and oxygen atoms in total. The molecule has 4 aromatic rings. The molecular weight excluding hydrogens is 350 g/mol. The number of nitrogens with zero attached hydrogens (tertiary/aromatic N) is 2. The molecule has 138 valence electrons. The van der Waals surface area contributed by atoms with Gasteiger partial charge in [0.15, 0.2) is 0 Å². The first-order valence-corrected chi connectivity index (χ1v) is 9.36. The molecule has 2 heterocycles. The average molecular weight is 369 g/mol. The molecule has 1 aromatic heterocycles. The van der Waals surface area contributed by atoms with Gasteiger partial charge in [-0.3, -0.25) is 9.36 Å². The molecule has 5 rings (SSSR count). The largest absolute Gasteiger partial charge is 0.425 e. The number of aromatic nitrogens is 2. The van der Waals surface area contributed by atoms with Gasteiger partial charge in [0.1, 0.15) is 5.75 Å². The molecule has 0 aliphatic carbocycles. The number of imidazole rings is 1. The topological polar surface area (TPSA) is 56.2 Å². The second-order valence-electron chi connectivity index (χ2n) is 6.89. The summed E-state index contributed by atoms with van der Waals surface area (Å²) in [6.07, 6.45) is 0.844. The van der Waals surface area contributed by atoms with Crippen LogP contribution in [0.15, 0.2) is 72.8 Å². The molecule has 1 N–H and O–H groups in total. The minimum Gasteiger partial charge on any atom is -0.425 e. The Morgan fingerprint density at radius 1 is 0.964 bits per heavy atom. The second-order valence-corrected chi connectivity index (χ2v) is 6.89. The van der Waals surface area contributed by atoms with E-state index in [9.17, 15) is 4.79 Å². The van der Waals surface area contributed by atoms with Crippen molar-refractivity contribution >= 4 is 16.9 Å². The molecule has 1 aliphatic rings. The lowest BCUT2D eigenvalue weighted by molar-refractivity contribution is 0.0956. The van der Waals surface area contributed by atoms with Crippen molar-refractivity contribution in [2.75, 3.05) is 6.54 Å². The summed E-state index contributed by atoms with van der Waals surface area (Å²) in [7, 11) is 0. The number of carbonyl (C=O) groups excluding carboxylic acids is 1. The number of nitrogens with one attached hydrogen (secondary N) is 1. The number of ether oxygens (including phenoxy) is 1. The van der Waals surface area contributed by atoms with Gasteiger partial charge in [0.05, 0.1) is 16.6 Å². The van der Waals surface area contributed by atoms with Crippen molar-refractivity contribution in [2.45, 2.75) is 13.0 Å². The van der Waals surface area contributed by atoms with Crippen LogP contribution in [0.25, 0.3) is 11.0 Å². The lowest BCUT2D eigenvalue weighted by Gasteiger charge is -2.09. The summed E-state index contributed by atoms with van der Waals surface area (Å²) in [6, 6.07) is 24.5. The molecule has 0 radical (unpaired) electrons. The molecule has 0 bridgehead atoms. The molecule has 1 amide bonds. The maximum Gasteiger partial charge on any atom is 0.303 e. The zero-order valence-corrected chi connectivity index (χ0v) is 15.3. The van der Waals surface area contributed by atoms with Gasteiger partial charge in [-0.2, -0.15) is 4.98 Å². The zero-order chi connectivity index (χ0) is 18.9. The maximum absolute atomic E-state index is 12.3. The summed E-state index contributed by atoms with van der Waals surface area (Å²) >= 11 is 0. The van der Waals surface area contributed by atoms with E-state index < -0.39 is 0 Å². The van der Waals surface area contributed by atoms with E-state index in [1.54, 1.807) is 0 Å². The van der Waals surface area contributed by atoms with Crippen LogP contribution < -0.4 is 10.1 Å². The summed E-state index contributed by atoms with van der Waals surface area (Å²) in [5.74, 6) is 0.672. The van der Waals surface area contributed by atoms with Gasteiger partial charge in [-0.05, 0) is 41.8 Å². The summed E-state index contributed by atoms with van der Waals surface area (Å²) < 4.78 is 8.13. The van der Waals surface area contributed by atoms with Crippen LogP contribution in [0.2, 0.25) is 0 Å². The number of rotatable bonds is 4. The van der Waals surface area contributed by atoms with Crippen LogP contribution in [0.1, 0.15) is 21.5 Å². The quantitative estimate of drug-likeness (QED) is 0.588. The van der Waals surface area contributed by atoms with Gasteiger partial charge < -0.3 is 10.1 Å². The Bertz CT molecular complexity index is 1170. The first kappa shape index (κ1) is 16.6. The highest BCUT2D eigenvalue weighted by Crippen LogP contribution is 2.29. The molecule has 28 heavy (non-hydrogen) atoms. The van der Waals surface area contributed by atoms with Crippen LogP contribution >= 0.6 is 0 Å². The fraction of sp³-hybridized carbons (Fsp3) is 0.130. The van der Waals surface area contributed by atoms with Crippen molar-refractivity contribution in [3.8, 4) is 11.8 Å². The average Bonchev–Trinajstić information content (AvgIpc) is 2.96. The first-order valence-electron chi connectivity index (χ1n) is 9.36. The van der Waals surface area contributed by atoms with Gasteiger partial charge in [0, 0.05) is 13.1 Å². The van der Waals surface area contributed by atoms with Gasteiger partial charge in [-0.15, -0.1) is 0 Å². The third kappa shape index (κ3) is 3.01. The Balaban J connectivity index is 1.49. The predicted molar refractivity (Wildman–Crippen MR) is 108 cm³/mol. The molecule has 0 spiro atoms. The summed E-state index contributed by atoms with van der Waals surface area (Å²) in [4.78, 5) is 16.9. The van der Waals surface area contributed by atoms with Crippen LogP contribution in [-0.4, -0.2) is 22.0 Å². The standard InChI is InChI=1S/C23H19N3O2/c27-22-19-10-5-11-20-21(19)26(13-12-24-22)23(25-20)28-18-9-4-8-17(15-18)14-16-6-2-1-3-7-16/h1-11,15H,12-14H2,(H,24,27). The van der Waals surface area contributed by atoms with Gasteiger partial charge >= 0.3 is 6.01 Å². The fourth-order valence-corrected chi connectivity index (χ4v) is 3.67. The van der Waals surface area contributed by atoms with Crippen molar-refractivity contribution in [1.82, 2.24) is 14.9 Å².